The highest BCUT2D eigenvalue weighted by molar-refractivity contribution is 5.59. The highest BCUT2D eigenvalue weighted by Crippen LogP contribution is 2.24. The molecule has 0 saturated carbocycles. The molecule has 1 aromatic carbocycles. The highest BCUT2D eigenvalue weighted by atomic mass is 16.5. The van der Waals surface area contributed by atoms with Crippen LogP contribution in [0.3, 0.4) is 0 Å². The lowest BCUT2D eigenvalue weighted by molar-refractivity contribution is 0.418. The smallest absolute Gasteiger partial charge is 0.255 e. The van der Waals surface area contributed by atoms with Crippen LogP contribution in [0.1, 0.15) is 11.6 Å². The summed E-state index contributed by atoms with van der Waals surface area (Å²) in [4.78, 5) is 27.7. The Morgan fingerprint density at radius 2 is 1.90 bits per heavy atom. The van der Waals surface area contributed by atoms with Gasteiger partial charge in [0, 0.05) is 62.3 Å². The number of aromatic nitrogens is 5. The third-order valence-electron chi connectivity index (χ3n) is 5.48. The minimum Gasteiger partial charge on any atom is -0.342 e. The van der Waals surface area contributed by atoms with E-state index in [2.05, 4.69) is 37.5 Å². The zero-order valence-corrected chi connectivity index (χ0v) is 17.0. The van der Waals surface area contributed by atoms with Crippen molar-refractivity contribution in [1.29, 1.82) is 0 Å². The van der Waals surface area contributed by atoms with Crippen molar-refractivity contribution in [2.75, 3.05) is 24.5 Å². The molecule has 1 fully saturated rings. The number of hydrogen-bond donors (Lipinski definition) is 1. The minimum atomic E-state index is -0.0867. The fourth-order valence-electron chi connectivity index (χ4n) is 3.80. The molecule has 9 heteroatoms. The van der Waals surface area contributed by atoms with Crippen LogP contribution in [0.2, 0.25) is 0 Å². The number of nitrogens with zero attached hydrogens (tertiary/aromatic N) is 6. The van der Waals surface area contributed by atoms with Crippen LogP contribution in [0.5, 0.6) is 0 Å². The molecule has 3 aromatic heterocycles. The van der Waals surface area contributed by atoms with E-state index in [1.54, 1.807) is 30.1 Å². The minimum absolute atomic E-state index is 0.0867. The van der Waals surface area contributed by atoms with Crippen LogP contribution in [-0.4, -0.2) is 44.3 Å². The topological polar surface area (TPSA) is 102 Å². The molecule has 0 aliphatic carbocycles. The molecule has 156 valence electrons. The van der Waals surface area contributed by atoms with E-state index in [1.165, 1.54) is 6.39 Å². The molecule has 1 aliphatic heterocycles. The van der Waals surface area contributed by atoms with Crippen molar-refractivity contribution in [1.82, 2.24) is 30.0 Å². The Morgan fingerprint density at radius 3 is 2.65 bits per heavy atom. The molecule has 31 heavy (non-hydrogen) atoms. The molecule has 1 aliphatic rings. The Kier molecular flexibility index (Phi) is 5.01. The zero-order chi connectivity index (χ0) is 21.2. The van der Waals surface area contributed by atoms with Crippen molar-refractivity contribution in [2.45, 2.75) is 6.04 Å². The Morgan fingerprint density at radius 1 is 1.10 bits per heavy atom. The van der Waals surface area contributed by atoms with Gasteiger partial charge in [0.2, 0.25) is 18.2 Å². The summed E-state index contributed by atoms with van der Waals surface area (Å²) in [6, 6.07) is 13.5. The zero-order valence-electron chi connectivity index (χ0n) is 17.0. The van der Waals surface area contributed by atoms with Gasteiger partial charge in [-0.05, 0) is 17.7 Å². The highest BCUT2D eigenvalue weighted by Gasteiger charge is 2.24. The first-order valence-corrected chi connectivity index (χ1v) is 10.0. The van der Waals surface area contributed by atoms with E-state index in [4.69, 9.17) is 9.51 Å². The molecule has 9 nitrogen and oxygen atoms in total. The fraction of sp³-hybridized carbons (Fsp3) is 0.227. The summed E-state index contributed by atoms with van der Waals surface area (Å²) >= 11 is 0. The Hall–Kier alpha value is -3.85. The summed E-state index contributed by atoms with van der Waals surface area (Å²) in [7, 11) is 1.76. The molecular weight excluding hydrogens is 394 g/mol. The molecule has 0 radical (unpaired) electrons. The van der Waals surface area contributed by atoms with Crippen LogP contribution in [0.4, 0.5) is 5.95 Å². The van der Waals surface area contributed by atoms with Crippen LogP contribution < -0.4 is 15.8 Å². The maximum absolute atomic E-state index is 12.6. The Balaban J connectivity index is 1.42. The van der Waals surface area contributed by atoms with Crippen LogP contribution in [0, 0.1) is 0 Å². The van der Waals surface area contributed by atoms with Gasteiger partial charge in [-0.25, -0.2) is 4.98 Å². The van der Waals surface area contributed by atoms with Gasteiger partial charge in [-0.3, -0.25) is 14.3 Å². The lowest BCUT2D eigenvalue weighted by Gasteiger charge is -2.35. The largest absolute Gasteiger partial charge is 0.342 e. The van der Waals surface area contributed by atoms with Crippen molar-refractivity contribution in [3.05, 3.63) is 77.2 Å². The van der Waals surface area contributed by atoms with Gasteiger partial charge in [0.25, 0.3) is 5.56 Å². The summed E-state index contributed by atoms with van der Waals surface area (Å²) in [6.07, 6.45) is 4.72. The molecule has 0 spiro atoms. The first-order valence-electron chi connectivity index (χ1n) is 10.0. The number of rotatable bonds is 4. The van der Waals surface area contributed by atoms with E-state index in [0.29, 0.717) is 24.0 Å². The van der Waals surface area contributed by atoms with Crippen LogP contribution in [0.25, 0.3) is 22.6 Å². The number of nitrogens with one attached hydrogen (secondary N) is 1. The van der Waals surface area contributed by atoms with E-state index < -0.39 is 0 Å². The molecule has 1 N–H and O–H groups in total. The summed E-state index contributed by atoms with van der Waals surface area (Å²) < 4.78 is 6.43. The molecule has 4 aromatic rings. The van der Waals surface area contributed by atoms with E-state index in [-0.39, 0.29) is 11.6 Å². The predicted molar refractivity (Wildman–Crippen MR) is 115 cm³/mol. The van der Waals surface area contributed by atoms with Gasteiger partial charge in [0.15, 0.2) is 0 Å². The standard InChI is InChI=1S/C22H21N7O2/c1-28-20(30)12-18(16-6-8-23-9-7-16)26-22(28)29-11-10-24-19(13-29)15-2-4-17(5-3-15)21-25-14-31-27-21/h2-9,12,14,19,24H,10-11,13H2,1H3/t19-/m1/s1. The van der Waals surface area contributed by atoms with Gasteiger partial charge in [0.1, 0.15) is 0 Å². The van der Waals surface area contributed by atoms with Gasteiger partial charge in [-0.1, -0.05) is 29.4 Å². The molecule has 1 atom stereocenters. The summed E-state index contributed by atoms with van der Waals surface area (Å²) in [5.41, 5.74) is 3.49. The Labute approximate surface area is 178 Å². The predicted octanol–water partition coefficient (Wildman–Crippen LogP) is 2.04. The first kappa shape index (κ1) is 19.1. The van der Waals surface area contributed by atoms with Crippen molar-refractivity contribution >= 4 is 5.95 Å². The van der Waals surface area contributed by atoms with Crippen LogP contribution in [0.15, 0.2) is 70.6 Å². The SMILES string of the molecule is Cn1c(N2CCN[C@@H](c3ccc(-c4ncon4)cc3)C2)nc(-c2ccncc2)cc1=O. The quantitative estimate of drug-likeness (QED) is 0.540. The van der Waals surface area contributed by atoms with Gasteiger partial charge in [-0.15, -0.1) is 0 Å². The van der Waals surface area contributed by atoms with Crippen molar-refractivity contribution in [2.24, 2.45) is 7.05 Å². The summed E-state index contributed by atoms with van der Waals surface area (Å²) in [6.45, 7) is 2.24. The molecule has 0 unspecified atom stereocenters. The van der Waals surface area contributed by atoms with Crippen LogP contribution >= 0.6 is 0 Å². The number of benzene rings is 1. The van der Waals surface area contributed by atoms with Crippen molar-refractivity contribution in [3.8, 4) is 22.6 Å². The number of anilines is 1. The van der Waals surface area contributed by atoms with E-state index in [0.717, 1.165) is 29.8 Å². The van der Waals surface area contributed by atoms with Gasteiger partial charge in [0.05, 0.1) is 5.69 Å². The number of piperazine rings is 1. The number of hydrogen-bond acceptors (Lipinski definition) is 8. The molecule has 0 amide bonds. The van der Waals surface area contributed by atoms with Crippen LogP contribution in [-0.2, 0) is 7.05 Å². The second-order valence-electron chi connectivity index (χ2n) is 7.40. The second kappa shape index (κ2) is 8.11. The normalized spacial score (nSPS) is 16.4. The third-order valence-corrected chi connectivity index (χ3v) is 5.48. The van der Waals surface area contributed by atoms with Gasteiger partial charge in [-0.2, -0.15) is 4.98 Å². The summed E-state index contributed by atoms with van der Waals surface area (Å²) in [5.74, 6) is 1.23. The van der Waals surface area contributed by atoms with E-state index >= 15 is 0 Å². The fourth-order valence-corrected chi connectivity index (χ4v) is 3.80. The lowest BCUT2D eigenvalue weighted by atomic mass is 10.0. The second-order valence-corrected chi connectivity index (χ2v) is 7.40. The summed E-state index contributed by atoms with van der Waals surface area (Å²) in [5, 5.41) is 7.43. The molecule has 5 rings (SSSR count). The van der Waals surface area contributed by atoms with Gasteiger partial charge < -0.3 is 14.7 Å². The average Bonchev–Trinajstić information content (AvgIpc) is 3.37. The van der Waals surface area contributed by atoms with Crippen molar-refractivity contribution in [3.63, 3.8) is 0 Å². The van der Waals surface area contributed by atoms with Gasteiger partial charge >= 0.3 is 0 Å². The maximum atomic E-state index is 12.6. The van der Waals surface area contributed by atoms with E-state index in [1.807, 2.05) is 24.3 Å². The third kappa shape index (κ3) is 3.82. The molecule has 4 heterocycles. The molecule has 1 saturated heterocycles. The maximum Gasteiger partial charge on any atom is 0.255 e. The molecule has 0 bridgehead atoms. The lowest BCUT2D eigenvalue weighted by Crippen LogP contribution is -2.47. The number of pyridine rings is 1. The van der Waals surface area contributed by atoms with Crippen molar-refractivity contribution < 1.29 is 4.52 Å². The van der Waals surface area contributed by atoms with E-state index in [9.17, 15) is 4.79 Å². The first-order chi connectivity index (χ1) is 15.2. The molecular formula is C22H21N7O2. The Bertz CT molecular complexity index is 1220. The average molecular weight is 415 g/mol. The monoisotopic (exact) mass is 415 g/mol.